The van der Waals surface area contributed by atoms with E-state index in [1.54, 1.807) is 0 Å². The molecule has 0 atom stereocenters. The summed E-state index contributed by atoms with van der Waals surface area (Å²) in [5.74, 6) is 0.732. The van der Waals surface area contributed by atoms with E-state index in [2.05, 4.69) is 21.9 Å². The van der Waals surface area contributed by atoms with Gasteiger partial charge in [0.2, 0.25) is 0 Å². The molecule has 1 saturated heterocycles. The van der Waals surface area contributed by atoms with Crippen molar-refractivity contribution in [2.45, 2.75) is 51.4 Å². The topological polar surface area (TPSA) is 27.6 Å². The Kier molecular flexibility index (Phi) is 4.45. The van der Waals surface area contributed by atoms with Crippen molar-refractivity contribution in [3.05, 3.63) is 0 Å². The van der Waals surface area contributed by atoms with Gasteiger partial charge in [-0.2, -0.15) is 5.10 Å². The first-order valence-corrected chi connectivity index (χ1v) is 6.49. The number of hydrogen-bond acceptors (Lipinski definition) is 3. The minimum Gasteiger partial charge on any atom is -0.241 e. The molecule has 1 heterocycles. The molecular weight excluding hydrogens is 186 g/mol. The average Bonchev–Trinajstić information content (AvgIpc) is 2.32. The fourth-order valence-corrected chi connectivity index (χ4v) is 2.50. The summed E-state index contributed by atoms with van der Waals surface area (Å²) in [6, 6.07) is 0. The van der Waals surface area contributed by atoms with Gasteiger partial charge >= 0.3 is 0 Å². The molecule has 86 valence electrons. The number of rotatable bonds is 3. The van der Waals surface area contributed by atoms with Crippen molar-refractivity contribution in [2.24, 2.45) is 11.0 Å². The average molecular weight is 209 g/mol. The molecular formula is C12H23N3. The van der Waals surface area contributed by atoms with Crippen LogP contribution in [0.2, 0.25) is 0 Å². The molecule has 0 aromatic rings. The minimum atomic E-state index is 0.732. The summed E-state index contributed by atoms with van der Waals surface area (Å²) >= 11 is 0. The Bertz CT molecular complexity index is 191. The highest BCUT2D eigenvalue weighted by Gasteiger charge is 2.11. The van der Waals surface area contributed by atoms with Gasteiger partial charge in [0.1, 0.15) is 0 Å². The Morgan fingerprint density at radius 1 is 0.933 bits per heavy atom. The van der Waals surface area contributed by atoms with E-state index in [0.29, 0.717) is 0 Å². The van der Waals surface area contributed by atoms with Crippen molar-refractivity contribution >= 4 is 6.21 Å². The van der Waals surface area contributed by atoms with Crippen LogP contribution in [0.5, 0.6) is 0 Å². The van der Waals surface area contributed by atoms with Crippen molar-refractivity contribution < 1.29 is 0 Å². The third-order valence-electron chi connectivity index (χ3n) is 3.49. The summed E-state index contributed by atoms with van der Waals surface area (Å²) in [5, 5.41) is 6.61. The molecule has 0 radical (unpaired) electrons. The summed E-state index contributed by atoms with van der Waals surface area (Å²) in [6.07, 6.45) is 13.0. The van der Waals surface area contributed by atoms with Crippen LogP contribution in [-0.4, -0.2) is 24.3 Å². The molecule has 0 aromatic carbocycles. The van der Waals surface area contributed by atoms with Crippen molar-refractivity contribution in [3.8, 4) is 0 Å². The van der Waals surface area contributed by atoms with Crippen LogP contribution in [0.3, 0.4) is 0 Å². The van der Waals surface area contributed by atoms with Crippen LogP contribution in [0.1, 0.15) is 51.4 Å². The quantitative estimate of drug-likeness (QED) is 0.571. The molecule has 0 unspecified atom stereocenters. The summed E-state index contributed by atoms with van der Waals surface area (Å²) in [7, 11) is 0. The van der Waals surface area contributed by atoms with E-state index in [4.69, 9.17) is 0 Å². The normalized spacial score (nSPS) is 25.9. The number of piperidine rings is 1. The molecule has 1 N–H and O–H groups in total. The lowest BCUT2D eigenvalue weighted by atomic mass is 9.90. The van der Waals surface area contributed by atoms with Crippen molar-refractivity contribution in [1.82, 2.24) is 10.5 Å². The number of hydrogen-bond donors (Lipinski definition) is 1. The fourth-order valence-electron chi connectivity index (χ4n) is 2.50. The smallest absolute Gasteiger partial charge is 0.0289 e. The first kappa shape index (κ1) is 10.9. The van der Waals surface area contributed by atoms with Crippen molar-refractivity contribution in [3.63, 3.8) is 0 Å². The Morgan fingerprint density at radius 3 is 2.33 bits per heavy atom. The second kappa shape index (κ2) is 6.11. The van der Waals surface area contributed by atoms with Gasteiger partial charge in [0.05, 0.1) is 0 Å². The summed E-state index contributed by atoms with van der Waals surface area (Å²) < 4.78 is 0. The second-order valence-corrected chi connectivity index (χ2v) is 4.82. The van der Waals surface area contributed by atoms with Crippen LogP contribution in [0.25, 0.3) is 0 Å². The molecule has 0 spiro atoms. The number of nitrogens with zero attached hydrogens (tertiary/aromatic N) is 2. The highest BCUT2D eigenvalue weighted by atomic mass is 15.6. The molecule has 3 heteroatoms. The SMILES string of the molecule is C(=NNN1CCCCC1)C1CCCCC1. The molecule has 0 amide bonds. The maximum absolute atomic E-state index is 4.37. The Balaban J connectivity index is 1.64. The van der Waals surface area contributed by atoms with Gasteiger partial charge in [-0.3, -0.25) is 0 Å². The minimum absolute atomic E-state index is 0.732. The summed E-state index contributed by atoms with van der Waals surface area (Å²) in [6.45, 7) is 2.31. The molecule has 3 nitrogen and oxygen atoms in total. The van der Waals surface area contributed by atoms with E-state index >= 15 is 0 Å². The number of nitrogens with one attached hydrogen (secondary N) is 1. The Labute approximate surface area is 92.9 Å². The molecule has 1 aliphatic heterocycles. The van der Waals surface area contributed by atoms with Gasteiger partial charge < -0.3 is 0 Å². The van der Waals surface area contributed by atoms with Gasteiger partial charge in [-0.15, -0.1) is 0 Å². The Morgan fingerprint density at radius 2 is 1.60 bits per heavy atom. The van der Waals surface area contributed by atoms with Crippen LogP contribution in [0.4, 0.5) is 0 Å². The van der Waals surface area contributed by atoms with Crippen molar-refractivity contribution in [1.29, 1.82) is 0 Å². The predicted molar refractivity (Wildman–Crippen MR) is 63.6 cm³/mol. The molecule has 2 aliphatic rings. The van der Waals surface area contributed by atoms with Gasteiger partial charge in [0, 0.05) is 19.3 Å². The number of hydrazone groups is 1. The molecule has 2 fully saturated rings. The van der Waals surface area contributed by atoms with E-state index in [1.165, 1.54) is 51.4 Å². The summed E-state index contributed by atoms with van der Waals surface area (Å²) in [5.41, 5.74) is 3.17. The number of hydrazine groups is 1. The van der Waals surface area contributed by atoms with E-state index < -0.39 is 0 Å². The molecule has 15 heavy (non-hydrogen) atoms. The first-order chi connectivity index (χ1) is 7.45. The van der Waals surface area contributed by atoms with Gasteiger partial charge in [-0.1, -0.05) is 25.7 Å². The zero-order valence-electron chi connectivity index (χ0n) is 9.62. The van der Waals surface area contributed by atoms with Gasteiger partial charge in [-0.25, -0.2) is 10.5 Å². The van der Waals surface area contributed by atoms with Crippen molar-refractivity contribution in [2.75, 3.05) is 13.1 Å². The predicted octanol–water partition coefficient (Wildman–Crippen LogP) is 2.54. The van der Waals surface area contributed by atoms with Crippen LogP contribution >= 0.6 is 0 Å². The first-order valence-electron chi connectivity index (χ1n) is 6.49. The van der Waals surface area contributed by atoms with Crippen LogP contribution in [0.15, 0.2) is 5.10 Å². The summed E-state index contributed by atoms with van der Waals surface area (Å²) in [4.78, 5) is 0. The van der Waals surface area contributed by atoms with Gasteiger partial charge in [0.15, 0.2) is 0 Å². The van der Waals surface area contributed by atoms with E-state index in [1.807, 2.05) is 0 Å². The zero-order chi connectivity index (χ0) is 10.3. The van der Waals surface area contributed by atoms with Gasteiger partial charge in [0.25, 0.3) is 0 Å². The molecule has 2 rings (SSSR count). The van der Waals surface area contributed by atoms with Crippen LogP contribution in [0, 0.1) is 5.92 Å². The van der Waals surface area contributed by atoms with Gasteiger partial charge in [-0.05, 0) is 31.6 Å². The third kappa shape index (κ3) is 3.82. The third-order valence-corrected chi connectivity index (χ3v) is 3.49. The molecule has 1 aliphatic carbocycles. The largest absolute Gasteiger partial charge is 0.241 e. The molecule has 0 aromatic heterocycles. The van der Waals surface area contributed by atoms with E-state index in [-0.39, 0.29) is 0 Å². The van der Waals surface area contributed by atoms with Crippen LogP contribution < -0.4 is 5.53 Å². The zero-order valence-corrected chi connectivity index (χ0v) is 9.62. The van der Waals surface area contributed by atoms with E-state index in [9.17, 15) is 0 Å². The molecule has 0 bridgehead atoms. The lowest BCUT2D eigenvalue weighted by Gasteiger charge is -2.25. The Hall–Kier alpha value is -0.570. The lowest BCUT2D eigenvalue weighted by molar-refractivity contribution is 0.157. The fraction of sp³-hybridized carbons (Fsp3) is 0.917. The second-order valence-electron chi connectivity index (χ2n) is 4.82. The highest BCUT2D eigenvalue weighted by molar-refractivity contribution is 5.60. The monoisotopic (exact) mass is 209 g/mol. The highest BCUT2D eigenvalue weighted by Crippen LogP contribution is 2.21. The maximum Gasteiger partial charge on any atom is 0.0289 e. The van der Waals surface area contributed by atoms with Crippen LogP contribution in [-0.2, 0) is 0 Å². The maximum atomic E-state index is 4.37. The standard InChI is InChI=1S/C12H23N3/c1-3-7-12(8-4-1)11-13-14-15-9-5-2-6-10-15/h11-12,14H,1-10H2. The van der Waals surface area contributed by atoms with E-state index in [0.717, 1.165) is 19.0 Å². The lowest BCUT2D eigenvalue weighted by Crippen LogP contribution is -2.38. The molecule has 1 saturated carbocycles.